The third-order valence-corrected chi connectivity index (χ3v) is 1.47. The first-order chi connectivity index (χ1) is 5.63. The molecule has 1 aliphatic carbocycles. The van der Waals surface area contributed by atoms with Gasteiger partial charge >= 0.3 is 5.95 Å². The van der Waals surface area contributed by atoms with Gasteiger partial charge in [0, 0.05) is 6.42 Å². The van der Waals surface area contributed by atoms with Crippen LogP contribution in [-0.2, 0) is 4.79 Å². The number of rotatable bonds is 1. The number of Topliss-reactive ketones (excluding diaryl/α,β-unsaturated/α-hetero) is 1. The van der Waals surface area contributed by atoms with Crippen LogP contribution < -0.4 is 0 Å². The smallest absolute Gasteiger partial charge is 0.319 e. The van der Waals surface area contributed by atoms with E-state index in [9.17, 15) is 4.79 Å². The summed E-state index contributed by atoms with van der Waals surface area (Å²) in [6.45, 7) is 0. The molecule has 3 N–H and O–H groups in total. The molecule has 1 rings (SSSR count). The van der Waals surface area contributed by atoms with Crippen molar-refractivity contribution < 1.29 is 20.1 Å². The van der Waals surface area contributed by atoms with Crippen LogP contribution in [0.3, 0.4) is 0 Å². The number of hydrogen-bond donors (Lipinski definition) is 3. The van der Waals surface area contributed by atoms with E-state index in [2.05, 4.69) is 0 Å². The lowest BCUT2D eigenvalue weighted by Crippen LogP contribution is -2.08. The zero-order chi connectivity index (χ0) is 9.14. The molecule has 0 bridgehead atoms. The average molecular weight is 168 g/mol. The molecule has 64 valence electrons. The van der Waals surface area contributed by atoms with Gasteiger partial charge in [0.2, 0.25) is 5.76 Å². The van der Waals surface area contributed by atoms with Crippen LogP contribution in [0.1, 0.15) is 6.42 Å². The Morgan fingerprint density at radius 2 is 2.00 bits per heavy atom. The van der Waals surface area contributed by atoms with Gasteiger partial charge in [0.1, 0.15) is 0 Å². The van der Waals surface area contributed by atoms with Crippen molar-refractivity contribution in [2.45, 2.75) is 6.42 Å². The average Bonchev–Trinajstić information content (AvgIpc) is 2.04. The molecule has 0 saturated carbocycles. The maximum atomic E-state index is 11.0. The molecule has 0 heterocycles. The molecule has 0 fully saturated rings. The summed E-state index contributed by atoms with van der Waals surface area (Å²) in [5.41, 5.74) is -0.0718. The molecule has 0 aromatic rings. The van der Waals surface area contributed by atoms with Crippen LogP contribution in [0.15, 0.2) is 35.5 Å². The third-order valence-electron chi connectivity index (χ3n) is 1.47. The van der Waals surface area contributed by atoms with E-state index < -0.39 is 11.7 Å². The largest absolute Gasteiger partial charge is 0.501 e. The molecule has 1 aliphatic rings. The molecular formula is C8H8O4. The highest BCUT2D eigenvalue weighted by Gasteiger charge is 2.17. The molecule has 0 spiro atoms. The molecular weight excluding hydrogens is 160 g/mol. The molecule has 0 aromatic heterocycles. The van der Waals surface area contributed by atoms with Crippen molar-refractivity contribution >= 4 is 5.78 Å². The Bertz CT molecular complexity index is 292. The molecule has 0 atom stereocenters. The van der Waals surface area contributed by atoms with Crippen LogP contribution in [0.25, 0.3) is 0 Å². The number of aliphatic hydroxyl groups is 3. The van der Waals surface area contributed by atoms with Crippen molar-refractivity contribution in [2.75, 3.05) is 0 Å². The fourth-order valence-corrected chi connectivity index (χ4v) is 0.874. The Balaban J connectivity index is 3.02. The van der Waals surface area contributed by atoms with E-state index in [1.807, 2.05) is 0 Å². The van der Waals surface area contributed by atoms with Gasteiger partial charge in [0.15, 0.2) is 5.78 Å². The van der Waals surface area contributed by atoms with Crippen LogP contribution in [0, 0.1) is 0 Å². The first-order valence-electron chi connectivity index (χ1n) is 3.34. The normalized spacial score (nSPS) is 15.7. The van der Waals surface area contributed by atoms with E-state index in [-0.39, 0.29) is 17.8 Å². The summed E-state index contributed by atoms with van der Waals surface area (Å²) in [4.78, 5) is 11.0. The monoisotopic (exact) mass is 168 g/mol. The predicted octanol–water partition coefficient (Wildman–Crippen LogP) is 1.28. The fourth-order valence-electron chi connectivity index (χ4n) is 0.874. The van der Waals surface area contributed by atoms with Crippen LogP contribution in [-0.4, -0.2) is 21.1 Å². The lowest BCUT2D eigenvalue weighted by Gasteiger charge is -2.05. The lowest BCUT2D eigenvalue weighted by atomic mass is 10.0. The van der Waals surface area contributed by atoms with Gasteiger partial charge in [-0.25, -0.2) is 0 Å². The zero-order valence-corrected chi connectivity index (χ0v) is 6.19. The van der Waals surface area contributed by atoms with Crippen molar-refractivity contribution in [3.05, 3.63) is 35.5 Å². The molecule has 4 heteroatoms. The maximum Gasteiger partial charge on any atom is 0.319 e. The Hall–Kier alpha value is -1.71. The Kier molecular flexibility index (Phi) is 2.19. The topological polar surface area (TPSA) is 77.8 Å². The van der Waals surface area contributed by atoms with Gasteiger partial charge in [0.25, 0.3) is 0 Å². The lowest BCUT2D eigenvalue weighted by molar-refractivity contribution is -0.115. The molecule has 0 radical (unpaired) electrons. The van der Waals surface area contributed by atoms with Gasteiger partial charge in [0.05, 0.1) is 5.57 Å². The number of ketones is 1. The van der Waals surface area contributed by atoms with Crippen LogP contribution in [0.2, 0.25) is 0 Å². The highest BCUT2D eigenvalue weighted by Crippen LogP contribution is 2.15. The second-order valence-electron chi connectivity index (χ2n) is 2.31. The summed E-state index contributed by atoms with van der Waals surface area (Å²) >= 11 is 0. The zero-order valence-electron chi connectivity index (χ0n) is 6.19. The van der Waals surface area contributed by atoms with Gasteiger partial charge in [-0.3, -0.25) is 4.79 Å². The highest BCUT2D eigenvalue weighted by molar-refractivity contribution is 6.00. The predicted molar refractivity (Wildman–Crippen MR) is 41.8 cm³/mol. The minimum atomic E-state index is -1.23. The quantitative estimate of drug-likeness (QED) is 0.515. The van der Waals surface area contributed by atoms with E-state index in [0.717, 1.165) is 0 Å². The van der Waals surface area contributed by atoms with Gasteiger partial charge in [-0.2, -0.15) is 0 Å². The number of allylic oxidation sites excluding steroid dienone is 4. The van der Waals surface area contributed by atoms with E-state index in [0.29, 0.717) is 0 Å². The second kappa shape index (κ2) is 3.13. The van der Waals surface area contributed by atoms with Crippen molar-refractivity contribution in [1.29, 1.82) is 0 Å². The van der Waals surface area contributed by atoms with Crippen molar-refractivity contribution in [3.63, 3.8) is 0 Å². The standard InChI is InChI=1S/C8H8O4/c9-6-4-2-1-3-5(6)7(10)8(11)12/h1-3,10-12H,4H2. The van der Waals surface area contributed by atoms with E-state index in [4.69, 9.17) is 15.3 Å². The van der Waals surface area contributed by atoms with Gasteiger partial charge in [-0.05, 0) is 6.08 Å². The summed E-state index contributed by atoms with van der Waals surface area (Å²) < 4.78 is 0. The maximum absolute atomic E-state index is 11.0. The van der Waals surface area contributed by atoms with Crippen molar-refractivity contribution in [2.24, 2.45) is 0 Å². The van der Waals surface area contributed by atoms with Crippen molar-refractivity contribution in [1.82, 2.24) is 0 Å². The van der Waals surface area contributed by atoms with Crippen LogP contribution >= 0.6 is 0 Å². The summed E-state index contributed by atoms with van der Waals surface area (Å²) in [5.74, 6) is -2.34. The first-order valence-corrected chi connectivity index (χ1v) is 3.34. The van der Waals surface area contributed by atoms with Gasteiger partial charge in [-0.15, -0.1) is 0 Å². The number of aliphatic hydroxyl groups excluding tert-OH is 2. The summed E-state index contributed by atoms with van der Waals surface area (Å²) in [5, 5.41) is 25.9. The number of carbonyl (C=O) groups is 1. The van der Waals surface area contributed by atoms with Crippen LogP contribution in [0.4, 0.5) is 0 Å². The number of carbonyl (C=O) groups excluding carboxylic acids is 1. The SMILES string of the molecule is O=C1CC=CC=C1C(O)=C(O)O. The third kappa shape index (κ3) is 1.47. The molecule has 0 amide bonds. The van der Waals surface area contributed by atoms with Crippen molar-refractivity contribution in [3.8, 4) is 0 Å². The minimum Gasteiger partial charge on any atom is -0.501 e. The second-order valence-corrected chi connectivity index (χ2v) is 2.31. The summed E-state index contributed by atoms with van der Waals surface area (Å²) in [6.07, 6.45) is 4.68. The number of hydrogen-bond acceptors (Lipinski definition) is 4. The Morgan fingerprint density at radius 1 is 1.33 bits per heavy atom. The Labute approximate surface area is 68.8 Å². The highest BCUT2D eigenvalue weighted by atomic mass is 16.5. The minimum absolute atomic E-state index is 0.0718. The van der Waals surface area contributed by atoms with Gasteiger partial charge < -0.3 is 15.3 Å². The summed E-state index contributed by atoms with van der Waals surface area (Å²) in [6, 6.07) is 0. The van der Waals surface area contributed by atoms with E-state index in [1.54, 1.807) is 12.2 Å². The molecule has 4 nitrogen and oxygen atoms in total. The van der Waals surface area contributed by atoms with Crippen LogP contribution in [0.5, 0.6) is 0 Å². The fraction of sp³-hybridized carbons (Fsp3) is 0.125. The molecule has 0 saturated heterocycles. The van der Waals surface area contributed by atoms with E-state index >= 15 is 0 Å². The summed E-state index contributed by atoms with van der Waals surface area (Å²) in [7, 11) is 0. The Morgan fingerprint density at radius 3 is 2.50 bits per heavy atom. The van der Waals surface area contributed by atoms with Gasteiger partial charge in [-0.1, -0.05) is 12.2 Å². The molecule has 0 aromatic carbocycles. The molecule has 0 aliphatic heterocycles. The molecule has 12 heavy (non-hydrogen) atoms. The molecule has 0 unspecified atom stereocenters. The first kappa shape index (κ1) is 8.39. The van der Waals surface area contributed by atoms with E-state index in [1.165, 1.54) is 6.08 Å².